The summed E-state index contributed by atoms with van der Waals surface area (Å²) in [5.74, 6) is -1.25. The first-order valence-electron chi connectivity index (χ1n) is 19.5. The summed E-state index contributed by atoms with van der Waals surface area (Å²) in [7, 11) is 0. The van der Waals surface area contributed by atoms with Gasteiger partial charge < -0.3 is 20.9 Å². The molecule has 0 saturated heterocycles. The van der Waals surface area contributed by atoms with E-state index >= 15 is 0 Å². The van der Waals surface area contributed by atoms with Crippen molar-refractivity contribution in [2.75, 3.05) is 6.54 Å². The van der Waals surface area contributed by atoms with Gasteiger partial charge in [-0.25, -0.2) is 4.79 Å². The fourth-order valence-electron chi connectivity index (χ4n) is 5.86. The molecule has 0 saturated carbocycles. The largest absolute Gasteiger partial charge is 0.480 e. The summed E-state index contributed by atoms with van der Waals surface area (Å²) >= 11 is 0. The Morgan fingerprint density at radius 1 is 0.609 bits per heavy atom. The standard InChI is InChI=1S/C39H74N2O5/c1-3-5-7-9-11-12-13-14-15-16-18-20-24-29-35(46-38(43)33-27-23-17-10-8-6-4-2)30-25-21-19-22-26-32-37(42)41-36(39(44)45)31-28-34-40/h16,18,35-36H,3-15,17,19-34,40H2,1-2H3,(H,41,42)(H,44,45)/b18-16-. The third-order valence-electron chi connectivity index (χ3n) is 8.83. The van der Waals surface area contributed by atoms with Crippen LogP contribution in [0.2, 0.25) is 0 Å². The van der Waals surface area contributed by atoms with Gasteiger partial charge in [0.15, 0.2) is 0 Å². The van der Waals surface area contributed by atoms with Crippen LogP contribution in [0.25, 0.3) is 0 Å². The van der Waals surface area contributed by atoms with Gasteiger partial charge in [0.05, 0.1) is 0 Å². The monoisotopic (exact) mass is 651 g/mol. The van der Waals surface area contributed by atoms with Gasteiger partial charge >= 0.3 is 11.9 Å². The summed E-state index contributed by atoms with van der Waals surface area (Å²) in [5, 5.41) is 11.9. The molecule has 0 aromatic heterocycles. The van der Waals surface area contributed by atoms with E-state index in [0.717, 1.165) is 70.6 Å². The molecule has 2 atom stereocenters. The molecule has 7 heteroatoms. The van der Waals surface area contributed by atoms with Crippen LogP contribution in [-0.2, 0) is 19.1 Å². The van der Waals surface area contributed by atoms with Crippen molar-refractivity contribution in [2.24, 2.45) is 5.73 Å². The fourth-order valence-corrected chi connectivity index (χ4v) is 5.86. The molecule has 0 aliphatic carbocycles. The molecule has 0 aromatic carbocycles. The fraction of sp³-hybridized carbons (Fsp3) is 0.872. The molecule has 1 amide bonds. The van der Waals surface area contributed by atoms with Gasteiger partial charge in [-0.3, -0.25) is 9.59 Å². The van der Waals surface area contributed by atoms with Gasteiger partial charge in [-0.1, -0.05) is 129 Å². The zero-order valence-corrected chi connectivity index (χ0v) is 30.2. The predicted molar refractivity (Wildman–Crippen MR) is 193 cm³/mol. The SMILES string of the molecule is CCCCCCCCCC/C=C\CCCC(CCCCCCCC(=O)NC(CCCN)C(=O)O)OC(=O)CCCCCCCCC. The molecular formula is C39H74N2O5. The van der Waals surface area contributed by atoms with E-state index in [1.54, 1.807) is 0 Å². The first-order chi connectivity index (χ1) is 22.4. The van der Waals surface area contributed by atoms with Crippen LogP contribution >= 0.6 is 0 Å². The Balaban J connectivity index is 4.32. The Morgan fingerprint density at radius 3 is 1.65 bits per heavy atom. The summed E-state index contributed by atoms with van der Waals surface area (Å²) in [6, 6.07) is -0.855. The first kappa shape index (κ1) is 44.1. The molecule has 0 fully saturated rings. The zero-order valence-electron chi connectivity index (χ0n) is 30.2. The minimum Gasteiger partial charge on any atom is -0.480 e. The Hall–Kier alpha value is -1.89. The van der Waals surface area contributed by atoms with E-state index in [0.29, 0.717) is 32.2 Å². The number of allylic oxidation sites excluding steroid dienone is 2. The van der Waals surface area contributed by atoms with Gasteiger partial charge in [-0.05, 0) is 77.2 Å². The molecule has 4 N–H and O–H groups in total. The molecule has 0 aliphatic heterocycles. The van der Waals surface area contributed by atoms with Crippen LogP contribution in [0.1, 0.15) is 200 Å². The summed E-state index contributed by atoms with van der Waals surface area (Å²) < 4.78 is 5.97. The molecule has 0 aliphatic rings. The smallest absolute Gasteiger partial charge is 0.326 e. The first-order valence-corrected chi connectivity index (χ1v) is 19.5. The summed E-state index contributed by atoms with van der Waals surface area (Å²) in [6.07, 6.45) is 35.4. The van der Waals surface area contributed by atoms with Crippen molar-refractivity contribution in [3.8, 4) is 0 Å². The number of unbranched alkanes of at least 4 members (excludes halogenated alkanes) is 19. The number of carboxylic acid groups (broad SMARTS) is 1. The van der Waals surface area contributed by atoms with E-state index in [1.165, 1.54) is 89.9 Å². The molecule has 0 aromatic rings. The van der Waals surface area contributed by atoms with Crippen LogP contribution in [-0.4, -0.2) is 41.6 Å². The van der Waals surface area contributed by atoms with Crippen molar-refractivity contribution in [1.82, 2.24) is 5.32 Å². The van der Waals surface area contributed by atoms with E-state index in [-0.39, 0.29) is 18.0 Å². The number of carboxylic acids is 1. The Labute approximate surface area is 283 Å². The highest BCUT2D eigenvalue weighted by Crippen LogP contribution is 2.18. The quantitative estimate of drug-likeness (QED) is 0.0357. The molecule has 270 valence electrons. The van der Waals surface area contributed by atoms with Gasteiger partial charge in [0, 0.05) is 12.8 Å². The summed E-state index contributed by atoms with van der Waals surface area (Å²) in [6.45, 7) is 4.91. The number of rotatable bonds is 35. The second kappa shape index (κ2) is 34.4. The normalized spacial score (nSPS) is 12.8. The maximum absolute atomic E-state index is 12.6. The van der Waals surface area contributed by atoms with Crippen molar-refractivity contribution in [3.05, 3.63) is 12.2 Å². The minimum atomic E-state index is -1.01. The lowest BCUT2D eigenvalue weighted by molar-refractivity contribution is -0.150. The molecule has 0 bridgehead atoms. The van der Waals surface area contributed by atoms with Crippen LogP contribution in [0.5, 0.6) is 0 Å². The number of nitrogens with one attached hydrogen (secondary N) is 1. The molecular weight excluding hydrogens is 576 g/mol. The topological polar surface area (TPSA) is 119 Å². The number of esters is 1. The Morgan fingerprint density at radius 2 is 1.09 bits per heavy atom. The average Bonchev–Trinajstić information content (AvgIpc) is 3.03. The number of hydrogen-bond donors (Lipinski definition) is 3. The van der Waals surface area contributed by atoms with Crippen molar-refractivity contribution in [3.63, 3.8) is 0 Å². The average molecular weight is 651 g/mol. The molecule has 0 heterocycles. The lowest BCUT2D eigenvalue weighted by Crippen LogP contribution is -2.40. The third kappa shape index (κ3) is 30.7. The number of aliphatic carboxylic acids is 1. The lowest BCUT2D eigenvalue weighted by atomic mass is 10.0. The van der Waals surface area contributed by atoms with Crippen LogP contribution in [0.15, 0.2) is 12.2 Å². The van der Waals surface area contributed by atoms with Gasteiger partial charge in [-0.2, -0.15) is 0 Å². The third-order valence-corrected chi connectivity index (χ3v) is 8.83. The summed E-state index contributed by atoms with van der Waals surface area (Å²) in [4.78, 5) is 36.1. The van der Waals surface area contributed by atoms with Crippen molar-refractivity contribution < 1.29 is 24.2 Å². The van der Waals surface area contributed by atoms with Gasteiger partial charge in [0.25, 0.3) is 0 Å². The van der Waals surface area contributed by atoms with Gasteiger partial charge in [0.1, 0.15) is 12.1 Å². The maximum Gasteiger partial charge on any atom is 0.326 e. The van der Waals surface area contributed by atoms with Crippen molar-refractivity contribution >= 4 is 17.8 Å². The van der Waals surface area contributed by atoms with Gasteiger partial charge in [-0.15, -0.1) is 0 Å². The molecule has 0 rings (SSSR count). The van der Waals surface area contributed by atoms with E-state index in [1.807, 2.05) is 0 Å². The van der Waals surface area contributed by atoms with E-state index in [9.17, 15) is 19.5 Å². The van der Waals surface area contributed by atoms with Crippen LogP contribution in [0.3, 0.4) is 0 Å². The van der Waals surface area contributed by atoms with Crippen LogP contribution in [0.4, 0.5) is 0 Å². The highest BCUT2D eigenvalue weighted by molar-refractivity contribution is 5.83. The molecule has 7 nitrogen and oxygen atoms in total. The number of carbonyl (C=O) groups is 3. The highest BCUT2D eigenvalue weighted by atomic mass is 16.5. The Bertz CT molecular complexity index is 742. The molecule has 46 heavy (non-hydrogen) atoms. The van der Waals surface area contributed by atoms with E-state index in [2.05, 4.69) is 31.3 Å². The minimum absolute atomic E-state index is 0.00888. The molecule has 0 radical (unpaired) electrons. The second-order valence-corrected chi connectivity index (χ2v) is 13.3. The summed E-state index contributed by atoms with van der Waals surface area (Å²) in [5.41, 5.74) is 5.47. The maximum atomic E-state index is 12.6. The lowest BCUT2D eigenvalue weighted by Gasteiger charge is -2.18. The number of amides is 1. The van der Waals surface area contributed by atoms with Crippen molar-refractivity contribution in [2.45, 2.75) is 212 Å². The number of hydrogen-bond acceptors (Lipinski definition) is 5. The zero-order chi connectivity index (χ0) is 33.9. The van der Waals surface area contributed by atoms with Crippen LogP contribution in [0, 0.1) is 0 Å². The van der Waals surface area contributed by atoms with E-state index in [4.69, 9.17) is 10.5 Å². The number of carbonyl (C=O) groups excluding carboxylic acids is 2. The van der Waals surface area contributed by atoms with Crippen molar-refractivity contribution in [1.29, 1.82) is 0 Å². The Kier molecular flexibility index (Phi) is 33.0. The molecule has 2 unspecified atom stereocenters. The van der Waals surface area contributed by atoms with Gasteiger partial charge in [0.2, 0.25) is 5.91 Å². The predicted octanol–water partition coefficient (Wildman–Crippen LogP) is 10.3. The number of ether oxygens (including phenoxy) is 1. The highest BCUT2D eigenvalue weighted by Gasteiger charge is 2.19. The van der Waals surface area contributed by atoms with E-state index < -0.39 is 12.0 Å². The molecule has 0 spiro atoms. The number of nitrogens with two attached hydrogens (primary N) is 1. The second-order valence-electron chi connectivity index (χ2n) is 13.3. The van der Waals surface area contributed by atoms with Crippen LogP contribution < -0.4 is 11.1 Å².